The van der Waals surface area contributed by atoms with Gasteiger partial charge in [0.05, 0.1) is 12.8 Å². The van der Waals surface area contributed by atoms with Gasteiger partial charge in [0.15, 0.2) is 0 Å². The van der Waals surface area contributed by atoms with Crippen molar-refractivity contribution in [2.45, 2.75) is 19.8 Å². The van der Waals surface area contributed by atoms with Crippen molar-refractivity contribution in [2.75, 3.05) is 31.3 Å². The summed E-state index contributed by atoms with van der Waals surface area (Å²) in [7, 11) is 3.37. The first-order valence-corrected chi connectivity index (χ1v) is 6.47. The molecular weight excluding hydrogens is 258 g/mol. The van der Waals surface area contributed by atoms with E-state index < -0.39 is 0 Å². The largest absolute Gasteiger partial charge is 0.495 e. The molecule has 1 aromatic carbocycles. The average molecular weight is 279 g/mol. The van der Waals surface area contributed by atoms with E-state index in [9.17, 15) is 9.59 Å². The second-order valence-electron chi connectivity index (χ2n) is 4.35. The standard InChI is InChI=1S/C14H21N3O3/c1-10(18)16-12-9-11(6-7-13(12)20-3)17-14(19)5-4-8-15-2/h6-7,9,15H,4-5,8H2,1-3H3,(H,16,18)(H,17,19). The molecule has 0 aliphatic heterocycles. The highest BCUT2D eigenvalue weighted by Crippen LogP contribution is 2.27. The fraction of sp³-hybridized carbons (Fsp3) is 0.429. The Hall–Kier alpha value is -2.08. The molecule has 0 saturated carbocycles. The topological polar surface area (TPSA) is 79.5 Å². The minimum Gasteiger partial charge on any atom is -0.495 e. The van der Waals surface area contributed by atoms with E-state index in [0.29, 0.717) is 23.5 Å². The van der Waals surface area contributed by atoms with E-state index in [0.717, 1.165) is 13.0 Å². The molecule has 0 aliphatic carbocycles. The molecule has 0 atom stereocenters. The molecule has 1 rings (SSSR count). The molecule has 0 spiro atoms. The fourth-order valence-corrected chi connectivity index (χ4v) is 1.72. The molecule has 2 amide bonds. The molecule has 3 N–H and O–H groups in total. The van der Waals surface area contributed by atoms with E-state index in [4.69, 9.17) is 4.74 Å². The van der Waals surface area contributed by atoms with Gasteiger partial charge in [-0.25, -0.2) is 0 Å². The van der Waals surface area contributed by atoms with Gasteiger partial charge in [-0.2, -0.15) is 0 Å². The van der Waals surface area contributed by atoms with E-state index in [2.05, 4.69) is 16.0 Å². The van der Waals surface area contributed by atoms with Crippen molar-refractivity contribution >= 4 is 23.2 Å². The van der Waals surface area contributed by atoms with Crippen LogP contribution in [-0.2, 0) is 9.59 Å². The van der Waals surface area contributed by atoms with Crippen molar-refractivity contribution in [2.24, 2.45) is 0 Å². The van der Waals surface area contributed by atoms with Crippen LogP contribution in [0.15, 0.2) is 18.2 Å². The minimum absolute atomic E-state index is 0.0563. The summed E-state index contributed by atoms with van der Waals surface area (Å²) in [5, 5.41) is 8.45. The van der Waals surface area contributed by atoms with Crippen LogP contribution >= 0.6 is 0 Å². The lowest BCUT2D eigenvalue weighted by atomic mass is 10.2. The molecular formula is C14H21N3O3. The lowest BCUT2D eigenvalue weighted by Gasteiger charge is -2.12. The van der Waals surface area contributed by atoms with Crippen LogP contribution in [-0.4, -0.2) is 32.5 Å². The first-order chi connectivity index (χ1) is 9.56. The van der Waals surface area contributed by atoms with Crippen LogP contribution < -0.4 is 20.7 Å². The molecule has 20 heavy (non-hydrogen) atoms. The Labute approximate surface area is 118 Å². The number of amides is 2. The summed E-state index contributed by atoms with van der Waals surface area (Å²) in [6.07, 6.45) is 1.22. The number of carbonyl (C=O) groups is 2. The van der Waals surface area contributed by atoms with Crippen LogP contribution in [0.5, 0.6) is 5.75 Å². The summed E-state index contributed by atoms with van der Waals surface area (Å²) in [5.41, 5.74) is 1.16. The molecule has 0 heterocycles. The van der Waals surface area contributed by atoms with Crippen molar-refractivity contribution < 1.29 is 14.3 Å². The average Bonchev–Trinajstić information content (AvgIpc) is 2.38. The Balaban J connectivity index is 2.71. The number of methoxy groups -OCH3 is 1. The lowest BCUT2D eigenvalue weighted by molar-refractivity contribution is -0.116. The maximum absolute atomic E-state index is 11.7. The number of anilines is 2. The van der Waals surface area contributed by atoms with Gasteiger partial charge >= 0.3 is 0 Å². The number of ether oxygens (including phenoxy) is 1. The summed E-state index contributed by atoms with van der Waals surface area (Å²) < 4.78 is 5.15. The number of rotatable bonds is 7. The highest BCUT2D eigenvalue weighted by molar-refractivity contribution is 5.94. The van der Waals surface area contributed by atoms with E-state index in [1.54, 1.807) is 18.2 Å². The van der Waals surface area contributed by atoms with Gasteiger partial charge in [0.1, 0.15) is 5.75 Å². The van der Waals surface area contributed by atoms with Crippen LogP contribution in [0.2, 0.25) is 0 Å². The quantitative estimate of drug-likeness (QED) is 0.662. The zero-order valence-corrected chi connectivity index (χ0v) is 12.1. The van der Waals surface area contributed by atoms with Gasteiger partial charge in [0, 0.05) is 19.0 Å². The molecule has 0 aliphatic rings. The van der Waals surface area contributed by atoms with Crippen molar-refractivity contribution in [1.29, 1.82) is 0 Å². The number of carbonyl (C=O) groups excluding carboxylic acids is 2. The van der Waals surface area contributed by atoms with Crippen LogP contribution in [0, 0.1) is 0 Å². The van der Waals surface area contributed by atoms with Crippen LogP contribution in [0.1, 0.15) is 19.8 Å². The third-order valence-electron chi connectivity index (χ3n) is 2.62. The van der Waals surface area contributed by atoms with E-state index >= 15 is 0 Å². The first kappa shape index (κ1) is 16.0. The highest BCUT2D eigenvalue weighted by Gasteiger charge is 2.08. The Bertz CT molecular complexity index is 475. The van der Waals surface area contributed by atoms with Gasteiger partial charge in [-0.05, 0) is 38.2 Å². The maximum Gasteiger partial charge on any atom is 0.224 e. The van der Waals surface area contributed by atoms with Gasteiger partial charge in [0.2, 0.25) is 11.8 Å². The maximum atomic E-state index is 11.7. The molecule has 0 aromatic heterocycles. The normalized spacial score (nSPS) is 9.95. The summed E-state index contributed by atoms with van der Waals surface area (Å²) in [4.78, 5) is 22.8. The summed E-state index contributed by atoms with van der Waals surface area (Å²) >= 11 is 0. The van der Waals surface area contributed by atoms with Crippen LogP contribution in [0.4, 0.5) is 11.4 Å². The number of nitrogens with one attached hydrogen (secondary N) is 3. The predicted molar refractivity (Wildman–Crippen MR) is 79.1 cm³/mol. The van der Waals surface area contributed by atoms with Crippen molar-refractivity contribution in [3.8, 4) is 5.75 Å². The monoisotopic (exact) mass is 279 g/mol. The van der Waals surface area contributed by atoms with Gasteiger partial charge < -0.3 is 20.7 Å². The van der Waals surface area contributed by atoms with Crippen LogP contribution in [0.25, 0.3) is 0 Å². The Kier molecular flexibility index (Phi) is 6.52. The zero-order valence-electron chi connectivity index (χ0n) is 12.1. The number of hydrogen-bond donors (Lipinski definition) is 3. The third kappa shape index (κ3) is 5.27. The molecule has 0 fully saturated rings. The smallest absolute Gasteiger partial charge is 0.224 e. The highest BCUT2D eigenvalue weighted by atomic mass is 16.5. The zero-order chi connectivity index (χ0) is 15.0. The fourth-order valence-electron chi connectivity index (χ4n) is 1.72. The molecule has 0 radical (unpaired) electrons. The second kappa shape index (κ2) is 8.16. The van der Waals surface area contributed by atoms with Gasteiger partial charge in [-0.15, -0.1) is 0 Å². The molecule has 6 nitrogen and oxygen atoms in total. The predicted octanol–water partition coefficient (Wildman–Crippen LogP) is 1.59. The van der Waals surface area contributed by atoms with Crippen molar-refractivity contribution in [3.63, 3.8) is 0 Å². The molecule has 0 unspecified atom stereocenters. The van der Waals surface area contributed by atoms with E-state index in [-0.39, 0.29) is 11.8 Å². The van der Waals surface area contributed by atoms with Gasteiger partial charge in [-0.3, -0.25) is 9.59 Å². The number of benzene rings is 1. The van der Waals surface area contributed by atoms with Crippen molar-refractivity contribution in [3.05, 3.63) is 18.2 Å². The minimum atomic E-state index is -0.194. The van der Waals surface area contributed by atoms with Crippen molar-refractivity contribution in [1.82, 2.24) is 5.32 Å². The Morgan fingerprint density at radius 3 is 2.60 bits per heavy atom. The Morgan fingerprint density at radius 1 is 1.25 bits per heavy atom. The SMILES string of the molecule is CNCCCC(=O)Nc1ccc(OC)c(NC(C)=O)c1. The summed E-state index contributed by atoms with van der Waals surface area (Å²) in [6, 6.07) is 5.12. The molecule has 0 bridgehead atoms. The molecule has 0 saturated heterocycles. The molecule has 1 aromatic rings. The summed E-state index contributed by atoms with van der Waals surface area (Å²) in [5.74, 6) is 0.299. The third-order valence-corrected chi connectivity index (χ3v) is 2.62. The Morgan fingerprint density at radius 2 is 2.00 bits per heavy atom. The number of hydrogen-bond acceptors (Lipinski definition) is 4. The van der Waals surface area contributed by atoms with Gasteiger partial charge in [-0.1, -0.05) is 0 Å². The van der Waals surface area contributed by atoms with Crippen LogP contribution in [0.3, 0.4) is 0 Å². The van der Waals surface area contributed by atoms with Gasteiger partial charge in [0.25, 0.3) is 0 Å². The second-order valence-corrected chi connectivity index (χ2v) is 4.35. The van der Waals surface area contributed by atoms with E-state index in [1.165, 1.54) is 14.0 Å². The summed E-state index contributed by atoms with van der Waals surface area (Å²) in [6.45, 7) is 2.22. The molecule has 110 valence electrons. The lowest BCUT2D eigenvalue weighted by Crippen LogP contribution is -2.15. The van der Waals surface area contributed by atoms with E-state index in [1.807, 2.05) is 7.05 Å². The first-order valence-electron chi connectivity index (χ1n) is 6.47. The molecule has 6 heteroatoms.